The van der Waals surface area contributed by atoms with Crippen LogP contribution in [0.25, 0.3) is 0 Å². The molecule has 0 aromatic carbocycles. The number of rotatable bonds is 7. The van der Waals surface area contributed by atoms with Gasteiger partial charge in [0, 0.05) is 13.2 Å². The van der Waals surface area contributed by atoms with Crippen LogP contribution in [0.4, 0.5) is 5.82 Å². The number of hydrogen-bond donors (Lipinski definition) is 1. The van der Waals surface area contributed by atoms with Crippen molar-refractivity contribution < 1.29 is 4.74 Å². The van der Waals surface area contributed by atoms with Crippen molar-refractivity contribution in [3.05, 3.63) is 18.1 Å². The highest BCUT2D eigenvalue weighted by molar-refractivity contribution is 5.30. The van der Waals surface area contributed by atoms with E-state index in [0.717, 1.165) is 31.1 Å². The Hall–Kier alpha value is -1.16. The Morgan fingerprint density at radius 2 is 2.12 bits per heavy atom. The number of nitrogens with zero attached hydrogens (tertiary/aromatic N) is 2. The molecule has 16 heavy (non-hydrogen) atoms. The lowest BCUT2D eigenvalue weighted by molar-refractivity contribution is 0.108. The fraction of sp³-hybridized carbons (Fsp3) is 0.667. The van der Waals surface area contributed by atoms with Crippen LogP contribution in [0.1, 0.15) is 32.9 Å². The predicted molar refractivity (Wildman–Crippen MR) is 65.3 cm³/mol. The number of ether oxygens (including phenoxy) is 1. The molecule has 1 rings (SSSR count). The van der Waals surface area contributed by atoms with Crippen molar-refractivity contribution in [2.45, 2.75) is 33.8 Å². The van der Waals surface area contributed by atoms with Gasteiger partial charge in [-0.05, 0) is 19.3 Å². The average Bonchev–Trinajstić information content (AvgIpc) is 2.27. The molecule has 0 spiro atoms. The molecule has 4 nitrogen and oxygen atoms in total. The van der Waals surface area contributed by atoms with Crippen molar-refractivity contribution in [3.63, 3.8) is 0 Å². The molecule has 0 atom stereocenters. The summed E-state index contributed by atoms with van der Waals surface area (Å²) in [6, 6.07) is 0. The Labute approximate surface area is 97.5 Å². The van der Waals surface area contributed by atoms with Crippen LogP contribution >= 0.6 is 0 Å². The van der Waals surface area contributed by atoms with Crippen molar-refractivity contribution in [3.8, 4) is 0 Å². The predicted octanol–water partition coefficient (Wildman–Crippen LogP) is 2.47. The first-order valence-electron chi connectivity index (χ1n) is 5.85. The summed E-state index contributed by atoms with van der Waals surface area (Å²) in [5.74, 6) is 1.50. The summed E-state index contributed by atoms with van der Waals surface area (Å²) in [6.07, 6.45) is 4.58. The molecule has 0 fully saturated rings. The van der Waals surface area contributed by atoms with E-state index < -0.39 is 0 Å². The topological polar surface area (TPSA) is 47.0 Å². The fourth-order valence-electron chi connectivity index (χ4n) is 1.20. The van der Waals surface area contributed by atoms with Gasteiger partial charge in [-0.2, -0.15) is 0 Å². The van der Waals surface area contributed by atoms with E-state index in [2.05, 4.69) is 29.1 Å². The van der Waals surface area contributed by atoms with E-state index in [1.807, 2.05) is 6.92 Å². The van der Waals surface area contributed by atoms with Crippen LogP contribution in [0.15, 0.2) is 12.4 Å². The highest BCUT2D eigenvalue weighted by atomic mass is 16.5. The maximum Gasteiger partial charge on any atom is 0.144 e. The molecule has 0 bridgehead atoms. The van der Waals surface area contributed by atoms with Gasteiger partial charge in [-0.1, -0.05) is 13.8 Å². The van der Waals surface area contributed by atoms with Gasteiger partial charge in [-0.25, -0.2) is 4.98 Å². The largest absolute Gasteiger partial charge is 0.375 e. The summed E-state index contributed by atoms with van der Waals surface area (Å²) in [6.45, 7) is 8.60. The maximum atomic E-state index is 5.51. The van der Waals surface area contributed by atoms with Crippen LogP contribution in [-0.4, -0.2) is 23.1 Å². The molecule has 0 saturated carbocycles. The van der Waals surface area contributed by atoms with Gasteiger partial charge < -0.3 is 10.1 Å². The summed E-state index contributed by atoms with van der Waals surface area (Å²) in [7, 11) is 0. The van der Waals surface area contributed by atoms with Gasteiger partial charge in [0.05, 0.1) is 24.7 Å². The van der Waals surface area contributed by atoms with Gasteiger partial charge in [0.15, 0.2) is 0 Å². The smallest absolute Gasteiger partial charge is 0.144 e. The average molecular weight is 223 g/mol. The van der Waals surface area contributed by atoms with Crippen molar-refractivity contribution in [1.82, 2.24) is 9.97 Å². The lowest BCUT2D eigenvalue weighted by atomic mass is 10.1. The Morgan fingerprint density at radius 3 is 2.69 bits per heavy atom. The highest BCUT2D eigenvalue weighted by Gasteiger charge is 1.98. The summed E-state index contributed by atoms with van der Waals surface area (Å²) >= 11 is 0. The van der Waals surface area contributed by atoms with Crippen LogP contribution in [0.2, 0.25) is 0 Å². The lowest BCUT2D eigenvalue weighted by Crippen LogP contribution is -2.03. The first-order valence-corrected chi connectivity index (χ1v) is 5.85. The highest BCUT2D eigenvalue weighted by Crippen LogP contribution is 2.04. The van der Waals surface area contributed by atoms with E-state index in [4.69, 9.17) is 4.74 Å². The van der Waals surface area contributed by atoms with Crippen molar-refractivity contribution in [2.75, 3.05) is 18.5 Å². The van der Waals surface area contributed by atoms with Crippen molar-refractivity contribution in [1.29, 1.82) is 0 Å². The molecule has 0 aliphatic rings. The first-order chi connectivity index (χ1) is 7.72. The summed E-state index contributed by atoms with van der Waals surface area (Å²) < 4.78 is 5.51. The molecule has 0 unspecified atom stereocenters. The minimum Gasteiger partial charge on any atom is -0.375 e. The van der Waals surface area contributed by atoms with E-state index in [1.54, 1.807) is 12.4 Å². The zero-order valence-corrected chi connectivity index (χ0v) is 10.4. The van der Waals surface area contributed by atoms with E-state index in [1.165, 1.54) is 0 Å². The zero-order chi connectivity index (χ0) is 11.8. The minimum atomic E-state index is 0.548. The Kier molecular flexibility index (Phi) is 5.78. The molecule has 0 aliphatic carbocycles. The normalized spacial score (nSPS) is 10.8. The van der Waals surface area contributed by atoms with Gasteiger partial charge in [0.1, 0.15) is 5.82 Å². The van der Waals surface area contributed by atoms with Gasteiger partial charge in [-0.3, -0.25) is 4.98 Å². The third-order valence-corrected chi connectivity index (χ3v) is 2.15. The minimum absolute atomic E-state index is 0.548. The number of hydrogen-bond acceptors (Lipinski definition) is 4. The van der Waals surface area contributed by atoms with E-state index in [-0.39, 0.29) is 0 Å². The second-order valence-electron chi connectivity index (χ2n) is 4.16. The SMILES string of the molecule is CCNc1cnc(COCCC(C)C)cn1. The van der Waals surface area contributed by atoms with Gasteiger partial charge >= 0.3 is 0 Å². The molecule has 1 aromatic rings. The Bertz CT molecular complexity index is 285. The summed E-state index contributed by atoms with van der Waals surface area (Å²) in [5.41, 5.74) is 0.880. The number of anilines is 1. The summed E-state index contributed by atoms with van der Waals surface area (Å²) in [5, 5.41) is 3.10. The first kappa shape index (κ1) is 12.9. The molecule has 0 aliphatic heterocycles. The third kappa shape index (κ3) is 5.07. The van der Waals surface area contributed by atoms with Crippen LogP contribution in [-0.2, 0) is 11.3 Å². The molecule has 4 heteroatoms. The van der Waals surface area contributed by atoms with E-state index in [0.29, 0.717) is 12.5 Å². The summed E-state index contributed by atoms with van der Waals surface area (Å²) in [4.78, 5) is 8.49. The molecular weight excluding hydrogens is 202 g/mol. The molecular formula is C12H21N3O. The quantitative estimate of drug-likeness (QED) is 0.721. The van der Waals surface area contributed by atoms with E-state index >= 15 is 0 Å². The van der Waals surface area contributed by atoms with Crippen LogP contribution in [0.3, 0.4) is 0 Å². The number of aromatic nitrogens is 2. The molecule has 1 aromatic heterocycles. The lowest BCUT2D eigenvalue weighted by Gasteiger charge is -2.06. The zero-order valence-electron chi connectivity index (χ0n) is 10.4. The fourth-order valence-corrected chi connectivity index (χ4v) is 1.20. The second-order valence-corrected chi connectivity index (χ2v) is 4.16. The van der Waals surface area contributed by atoms with Crippen LogP contribution in [0, 0.1) is 5.92 Å². The van der Waals surface area contributed by atoms with Gasteiger partial charge in [0.25, 0.3) is 0 Å². The second kappa shape index (κ2) is 7.17. The third-order valence-electron chi connectivity index (χ3n) is 2.15. The van der Waals surface area contributed by atoms with Crippen molar-refractivity contribution >= 4 is 5.82 Å². The Balaban J connectivity index is 2.26. The standard InChI is InChI=1S/C12H21N3O/c1-4-13-12-8-14-11(7-15-12)9-16-6-5-10(2)3/h7-8,10H,4-6,9H2,1-3H3,(H,13,15). The molecule has 1 heterocycles. The molecule has 1 N–H and O–H groups in total. The van der Waals surface area contributed by atoms with Gasteiger partial charge in [-0.15, -0.1) is 0 Å². The monoisotopic (exact) mass is 223 g/mol. The Morgan fingerprint density at radius 1 is 1.31 bits per heavy atom. The van der Waals surface area contributed by atoms with Gasteiger partial charge in [0.2, 0.25) is 0 Å². The molecule has 0 radical (unpaired) electrons. The molecule has 90 valence electrons. The molecule has 0 amide bonds. The molecule has 0 saturated heterocycles. The van der Waals surface area contributed by atoms with Crippen LogP contribution in [0.5, 0.6) is 0 Å². The van der Waals surface area contributed by atoms with E-state index in [9.17, 15) is 0 Å². The van der Waals surface area contributed by atoms with Crippen LogP contribution < -0.4 is 5.32 Å². The van der Waals surface area contributed by atoms with Crippen molar-refractivity contribution in [2.24, 2.45) is 5.92 Å². The number of nitrogens with one attached hydrogen (secondary N) is 1. The maximum absolute atomic E-state index is 5.51.